The lowest BCUT2D eigenvalue weighted by Gasteiger charge is -2.21. The minimum atomic E-state index is -0.467. The van der Waals surface area contributed by atoms with Crippen LogP contribution in [0.2, 0.25) is 0 Å². The van der Waals surface area contributed by atoms with Crippen LogP contribution in [0.4, 0.5) is 0 Å². The Labute approximate surface area is 133 Å². The van der Waals surface area contributed by atoms with Crippen molar-refractivity contribution < 1.29 is 0 Å². The second kappa shape index (κ2) is 8.45. The van der Waals surface area contributed by atoms with Crippen molar-refractivity contribution in [3.8, 4) is 0 Å². The molecule has 0 aliphatic carbocycles. The fourth-order valence-electron chi connectivity index (χ4n) is 2.40. The van der Waals surface area contributed by atoms with Crippen LogP contribution in [0.5, 0.6) is 0 Å². The van der Waals surface area contributed by atoms with E-state index in [-0.39, 0.29) is 0 Å². The largest absolute Gasteiger partial charge is 0.274 e. The molecule has 0 heterocycles. The van der Waals surface area contributed by atoms with Gasteiger partial charge in [-0.15, -0.1) is 0 Å². The lowest BCUT2D eigenvalue weighted by molar-refractivity contribution is 1.26. The summed E-state index contributed by atoms with van der Waals surface area (Å²) in [5, 5.41) is 4.26. The van der Waals surface area contributed by atoms with E-state index in [1.54, 1.807) is 0 Å². The van der Waals surface area contributed by atoms with Crippen molar-refractivity contribution in [1.29, 1.82) is 0 Å². The molecule has 112 valence electrons. The Morgan fingerprint density at radius 1 is 0.591 bits per heavy atom. The number of hydrogen-bond acceptors (Lipinski definition) is 2. The molecule has 22 heavy (non-hydrogen) atoms. The van der Waals surface area contributed by atoms with Crippen LogP contribution in [-0.4, -0.2) is 0 Å². The second-order valence-corrected chi connectivity index (χ2v) is 6.98. The third-order valence-corrected chi connectivity index (χ3v) is 6.00. The van der Waals surface area contributed by atoms with Crippen LogP contribution in [-0.2, 0) is 0 Å². The van der Waals surface area contributed by atoms with E-state index in [0.717, 1.165) is 0 Å². The first-order chi connectivity index (χ1) is 10.9. The molecule has 0 aliphatic heterocycles. The summed E-state index contributed by atoms with van der Waals surface area (Å²) < 4.78 is 0. The highest BCUT2D eigenvalue weighted by Crippen LogP contribution is 2.33. The van der Waals surface area contributed by atoms with Crippen LogP contribution >= 0.6 is 7.92 Å². The van der Waals surface area contributed by atoms with E-state index >= 15 is 0 Å². The first-order valence-electron chi connectivity index (χ1n) is 7.15. The minimum Gasteiger partial charge on any atom is -0.274 e. The molecule has 0 atom stereocenters. The number of hydrazine groups is 1. The van der Waals surface area contributed by atoms with Gasteiger partial charge in [0, 0.05) is 0 Å². The maximum absolute atomic E-state index is 4.00. The summed E-state index contributed by atoms with van der Waals surface area (Å²) in [6.45, 7) is 2.20. The van der Waals surface area contributed by atoms with Crippen molar-refractivity contribution in [2.45, 2.75) is 6.92 Å². The third-order valence-electron chi connectivity index (χ3n) is 3.39. The van der Waals surface area contributed by atoms with Crippen LogP contribution in [0.25, 0.3) is 0 Å². The minimum absolute atomic E-state index is 0.467. The van der Waals surface area contributed by atoms with Gasteiger partial charge in [-0.2, -0.15) is 0 Å². The summed E-state index contributed by atoms with van der Waals surface area (Å²) in [5.41, 5.74) is 1.37. The summed E-state index contributed by atoms with van der Waals surface area (Å²) >= 11 is 0. The molecule has 3 aromatic carbocycles. The number of benzene rings is 3. The topological polar surface area (TPSA) is 52.0 Å². The highest BCUT2D eigenvalue weighted by atomic mass is 31.1. The molecule has 0 saturated carbocycles. The van der Waals surface area contributed by atoms with Crippen LogP contribution < -0.4 is 27.6 Å². The molecule has 0 radical (unpaired) electrons. The summed E-state index contributed by atoms with van der Waals surface area (Å²) in [4.78, 5) is 0. The first-order valence-corrected chi connectivity index (χ1v) is 8.49. The molecule has 0 amide bonds. The van der Waals surface area contributed by atoms with E-state index in [2.05, 4.69) is 104 Å². The van der Waals surface area contributed by atoms with Gasteiger partial charge in [0.15, 0.2) is 0 Å². The van der Waals surface area contributed by atoms with E-state index in [4.69, 9.17) is 0 Å². The van der Waals surface area contributed by atoms with Crippen LogP contribution in [0.3, 0.4) is 0 Å². The molecule has 4 N–H and O–H groups in total. The molecule has 3 aromatic rings. The van der Waals surface area contributed by atoms with E-state index in [1.807, 2.05) is 0 Å². The molecular formula is C19H21N2P. The van der Waals surface area contributed by atoms with Gasteiger partial charge in [-0.25, -0.2) is 0 Å². The Kier molecular flexibility index (Phi) is 6.29. The SMILES string of the molecule is Cc1ccccc1P(c1ccccc1)c1ccccc1.NN. The van der Waals surface area contributed by atoms with Gasteiger partial charge in [0.2, 0.25) is 0 Å². The zero-order valence-corrected chi connectivity index (χ0v) is 13.6. The quantitative estimate of drug-likeness (QED) is 0.444. The van der Waals surface area contributed by atoms with E-state index in [1.165, 1.54) is 21.5 Å². The fraction of sp³-hybridized carbons (Fsp3) is 0.0526. The zero-order valence-electron chi connectivity index (χ0n) is 12.7. The smallest absolute Gasteiger partial charge is 0.0122 e. The average molecular weight is 308 g/mol. The van der Waals surface area contributed by atoms with E-state index in [0.29, 0.717) is 0 Å². The number of hydrogen-bond donors (Lipinski definition) is 2. The molecule has 3 rings (SSSR count). The Bertz CT molecular complexity index is 645. The summed E-state index contributed by atoms with van der Waals surface area (Å²) in [5.74, 6) is 8.00. The second-order valence-electron chi connectivity index (χ2n) is 4.79. The summed E-state index contributed by atoms with van der Waals surface area (Å²) in [7, 11) is -0.467. The molecule has 0 spiro atoms. The van der Waals surface area contributed by atoms with Crippen LogP contribution in [0.1, 0.15) is 5.56 Å². The Balaban J connectivity index is 0.000000847. The molecule has 0 fully saturated rings. The maximum atomic E-state index is 4.00. The predicted molar refractivity (Wildman–Crippen MR) is 98.3 cm³/mol. The van der Waals surface area contributed by atoms with Gasteiger partial charge in [-0.05, 0) is 36.3 Å². The third kappa shape index (κ3) is 3.80. The van der Waals surface area contributed by atoms with Crippen molar-refractivity contribution in [1.82, 2.24) is 0 Å². The van der Waals surface area contributed by atoms with Gasteiger partial charge in [0.1, 0.15) is 0 Å². The number of aryl methyl sites for hydroxylation is 1. The van der Waals surface area contributed by atoms with Crippen molar-refractivity contribution in [2.75, 3.05) is 0 Å². The summed E-state index contributed by atoms with van der Waals surface area (Å²) in [6.07, 6.45) is 0. The average Bonchev–Trinajstić information content (AvgIpc) is 2.61. The van der Waals surface area contributed by atoms with Gasteiger partial charge in [0.25, 0.3) is 0 Å². The number of rotatable bonds is 3. The van der Waals surface area contributed by atoms with Gasteiger partial charge < -0.3 is 0 Å². The van der Waals surface area contributed by atoms with Crippen LogP contribution in [0.15, 0.2) is 84.9 Å². The van der Waals surface area contributed by atoms with Crippen LogP contribution in [0, 0.1) is 6.92 Å². The number of nitrogens with two attached hydrogens (primary N) is 2. The van der Waals surface area contributed by atoms with Crippen molar-refractivity contribution in [2.24, 2.45) is 11.7 Å². The molecule has 0 unspecified atom stereocenters. The van der Waals surface area contributed by atoms with Gasteiger partial charge in [0.05, 0.1) is 0 Å². The Morgan fingerprint density at radius 3 is 1.45 bits per heavy atom. The molecule has 2 nitrogen and oxygen atoms in total. The monoisotopic (exact) mass is 308 g/mol. The molecule has 0 aromatic heterocycles. The standard InChI is InChI=1S/C19H17P.H4N2/c1-16-10-8-9-15-19(16)20(17-11-4-2-5-12-17)18-13-6-3-7-14-18;1-2/h2-15H,1H3;1-2H2. The van der Waals surface area contributed by atoms with Gasteiger partial charge in [-0.1, -0.05) is 84.9 Å². The van der Waals surface area contributed by atoms with E-state index < -0.39 is 7.92 Å². The molecule has 0 bridgehead atoms. The Hall–Kier alpha value is -1.99. The van der Waals surface area contributed by atoms with Gasteiger partial charge >= 0.3 is 0 Å². The molecular weight excluding hydrogens is 287 g/mol. The van der Waals surface area contributed by atoms with E-state index in [9.17, 15) is 0 Å². The fourth-order valence-corrected chi connectivity index (χ4v) is 4.85. The highest BCUT2D eigenvalue weighted by Gasteiger charge is 2.17. The van der Waals surface area contributed by atoms with Crippen molar-refractivity contribution in [3.05, 3.63) is 90.5 Å². The normalized spacial score (nSPS) is 10.0. The molecule has 0 saturated heterocycles. The highest BCUT2D eigenvalue weighted by molar-refractivity contribution is 7.79. The van der Waals surface area contributed by atoms with Crippen molar-refractivity contribution >= 4 is 23.8 Å². The van der Waals surface area contributed by atoms with Gasteiger partial charge in [-0.3, -0.25) is 11.7 Å². The predicted octanol–water partition coefficient (Wildman–Crippen LogP) is 2.57. The van der Waals surface area contributed by atoms with Crippen molar-refractivity contribution in [3.63, 3.8) is 0 Å². The first kappa shape index (κ1) is 16.4. The lowest BCUT2D eigenvalue weighted by atomic mass is 10.2. The Morgan fingerprint density at radius 2 is 1.00 bits per heavy atom. The maximum Gasteiger partial charge on any atom is -0.0122 e. The molecule has 3 heteroatoms. The summed E-state index contributed by atoms with van der Waals surface area (Å²) in [6, 6.07) is 30.4. The lowest BCUT2D eigenvalue weighted by Crippen LogP contribution is -2.22. The molecule has 0 aliphatic rings. The zero-order chi connectivity index (χ0) is 15.8.